The van der Waals surface area contributed by atoms with Crippen LogP contribution in [0, 0.1) is 17.6 Å². The maximum atomic E-state index is 13.9. The van der Waals surface area contributed by atoms with Gasteiger partial charge in [-0.3, -0.25) is 9.59 Å². The Labute approximate surface area is 142 Å². The molecule has 1 saturated carbocycles. The van der Waals surface area contributed by atoms with Crippen LogP contribution in [0.2, 0.25) is 0 Å². The van der Waals surface area contributed by atoms with E-state index in [4.69, 9.17) is 0 Å². The van der Waals surface area contributed by atoms with Crippen molar-refractivity contribution in [3.63, 3.8) is 0 Å². The minimum atomic E-state index is -0.973. The van der Waals surface area contributed by atoms with Gasteiger partial charge in [-0.15, -0.1) is 0 Å². The van der Waals surface area contributed by atoms with Crippen molar-refractivity contribution in [2.45, 2.75) is 18.3 Å². The van der Waals surface area contributed by atoms with Gasteiger partial charge in [-0.1, -0.05) is 24.3 Å². The first-order valence-corrected chi connectivity index (χ1v) is 8.05. The standard InChI is InChI=1S/C19H15F2NO3/c20-10-5-6-11(16(21)7-10)13-8-14(13)18(23)22-9-15(19(24)25)12-3-1-2-4-17(12)22/h1-7,13-15H,8-9H2,(H,24,25). The number of halogens is 2. The van der Waals surface area contributed by atoms with Gasteiger partial charge in [0.2, 0.25) is 5.91 Å². The molecule has 25 heavy (non-hydrogen) atoms. The van der Waals surface area contributed by atoms with Crippen LogP contribution in [0.5, 0.6) is 0 Å². The highest BCUT2D eigenvalue weighted by molar-refractivity contribution is 6.01. The van der Waals surface area contributed by atoms with E-state index in [1.165, 1.54) is 17.0 Å². The lowest BCUT2D eigenvalue weighted by molar-refractivity contribution is -0.138. The number of benzene rings is 2. The molecule has 0 saturated heterocycles. The van der Waals surface area contributed by atoms with Crippen LogP contribution < -0.4 is 4.90 Å². The van der Waals surface area contributed by atoms with Crippen molar-refractivity contribution in [1.82, 2.24) is 0 Å². The molecule has 3 unspecified atom stereocenters. The van der Waals surface area contributed by atoms with Crippen LogP contribution in [0.4, 0.5) is 14.5 Å². The number of aliphatic carboxylic acids is 1. The van der Waals surface area contributed by atoms with Gasteiger partial charge in [-0.25, -0.2) is 8.78 Å². The van der Waals surface area contributed by atoms with Crippen molar-refractivity contribution in [2.24, 2.45) is 5.92 Å². The third-order valence-corrected chi connectivity index (χ3v) is 5.00. The van der Waals surface area contributed by atoms with Crippen LogP contribution in [-0.4, -0.2) is 23.5 Å². The van der Waals surface area contributed by atoms with Crippen LogP contribution in [0.15, 0.2) is 42.5 Å². The monoisotopic (exact) mass is 343 g/mol. The van der Waals surface area contributed by atoms with Gasteiger partial charge >= 0.3 is 5.97 Å². The summed E-state index contributed by atoms with van der Waals surface area (Å²) in [7, 11) is 0. The molecular formula is C19H15F2NO3. The highest BCUT2D eigenvalue weighted by Crippen LogP contribution is 2.51. The Kier molecular flexibility index (Phi) is 3.56. The summed E-state index contributed by atoms with van der Waals surface area (Å²) < 4.78 is 27.0. The molecule has 2 aromatic rings. The van der Waals surface area contributed by atoms with E-state index in [1.54, 1.807) is 24.3 Å². The number of hydrogen-bond acceptors (Lipinski definition) is 2. The van der Waals surface area contributed by atoms with E-state index in [-0.39, 0.29) is 18.4 Å². The quantitative estimate of drug-likeness (QED) is 0.930. The van der Waals surface area contributed by atoms with Gasteiger partial charge in [0.15, 0.2) is 0 Å². The molecule has 4 rings (SSSR count). The van der Waals surface area contributed by atoms with Crippen molar-refractivity contribution in [2.75, 3.05) is 11.4 Å². The molecular weight excluding hydrogens is 328 g/mol. The minimum absolute atomic E-state index is 0.0859. The summed E-state index contributed by atoms with van der Waals surface area (Å²) in [5.41, 5.74) is 1.56. The van der Waals surface area contributed by atoms with Crippen LogP contribution in [-0.2, 0) is 9.59 Å². The predicted octanol–water partition coefficient (Wildman–Crippen LogP) is 3.28. The fourth-order valence-corrected chi connectivity index (χ4v) is 3.64. The summed E-state index contributed by atoms with van der Waals surface area (Å²) in [6, 6.07) is 10.3. The zero-order chi connectivity index (χ0) is 17.7. The molecule has 0 spiro atoms. The molecule has 1 amide bonds. The number of nitrogens with zero attached hydrogens (tertiary/aromatic N) is 1. The van der Waals surface area contributed by atoms with Crippen LogP contribution in [0.1, 0.15) is 29.4 Å². The molecule has 128 valence electrons. The third kappa shape index (κ3) is 2.58. The maximum Gasteiger partial charge on any atom is 0.312 e. The molecule has 1 aliphatic carbocycles. The van der Waals surface area contributed by atoms with Gasteiger partial charge in [0.25, 0.3) is 0 Å². The van der Waals surface area contributed by atoms with Crippen molar-refractivity contribution in [1.29, 1.82) is 0 Å². The normalized spacial score (nSPS) is 24.1. The fourth-order valence-electron chi connectivity index (χ4n) is 3.64. The summed E-state index contributed by atoms with van der Waals surface area (Å²) in [5.74, 6) is -3.91. The molecule has 1 aliphatic heterocycles. The number of carbonyl (C=O) groups is 2. The fraction of sp³-hybridized carbons (Fsp3) is 0.263. The molecule has 1 fully saturated rings. The van der Waals surface area contributed by atoms with Gasteiger partial charge in [0.1, 0.15) is 17.6 Å². The van der Waals surface area contributed by atoms with Crippen LogP contribution in [0.3, 0.4) is 0 Å². The Balaban J connectivity index is 1.58. The van der Waals surface area contributed by atoms with Crippen molar-refractivity contribution in [3.8, 4) is 0 Å². The summed E-state index contributed by atoms with van der Waals surface area (Å²) in [4.78, 5) is 25.8. The van der Waals surface area contributed by atoms with Gasteiger partial charge in [-0.05, 0) is 35.6 Å². The lowest BCUT2D eigenvalue weighted by Crippen LogP contribution is -2.32. The van der Waals surface area contributed by atoms with Crippen LogP contribution in [0.25, 0.3) is 0 Å². The Bertz CT molecular complexity index is 883. The molecule has 0 aromatic heterocycles. The lowest BCUT2D eigenvalue weighted by atomic mass is 10.0. The number of fused-ring (bicyclic) bond motifs is 1. The number of carbonyl (C=O) groups excluding carboxylic acids is 1. The maximum absolute atomic E-state index is 13.9. The first-order chi connectivity index (χ1) is 12.0. The lowest BCUT2D eigenvalue weighted by Gasteiger charge is -2.17. The summed E-state index contributed by atoms with van der Waals surface area (Å²) in [6.07, 6.45) is 0.484. The highest BCUT2D eigenvalue weighted by atomic mass is 19.1. The smallest absolute Gasteiger partial charge is 0.312 e. The second-order valence-electron chi connectivity index (χ2n) is 6.51. The third-order valence-electron chi connectivity index (χ3n) is 5.00. The topological polar surface area (TPSA) is 57.6 Å². The van der Waals surface area contributed by atoms with E-state index in [0.717, 1.165) is 6.07 Å². The Hall–Kier alpha value is -2.76. The molecule has 1 N–H and O–H groups in total. The number of hydrogen-bond donors (Lipinski definition) is 1. The molecule has 2 aliphatic rings. The van der Waals surface area contributed by atoms with Crippen LogP contribution >= 0.6 is 0 Å². The minimum Gasteiger partial charge on any atom is -0.481 e. The molecule has 6 heteroatoms. The predicted molar refractivity (Wildman–Crippen MR) is 86.4 cm³/mol. The van der Waals surface area contributed by atoms with E-state index < -0.39 is 29.4 Å². The average molecular weight is 343 g/mol. The molecule has 0 bridgehead atoms. The van der Waals surface area contributed by atoms with E-state index in [1.807, 2.05) is 0 Å². The summed E-state index contributed by atoms with van der Waals surface area (Å²) in [6.45, 7) is 0.0859. The number of anilines is 1. The second kappa shape index (κ2) is 5.65. The largest absolute Gasteiger partial charge is 0.481 e. The van der Waals surface area contributed by atoms with E-state index in [0.29, 0.717) is 23.2 Å². The van der Waals surface area contributed by atoms with Gasteiger partial charge in [0.05, 0.1) is 0 Å². The molecule has 2 aromatic carbocycles. The summed E-state index contributed by atoms with van der Waals surface area (Å²) >= 11 is 0. The first-order valence-electron chi connectivity index (χ1n) is 8.05. The van der Waals surface area contributed by atoms with Gasteiger partial charge in [0, 0.05) is 24.2 Å². The van der Waals surface area contributed by atoms with Crippen molar-refractivity contribution >= 4 is 17.6 Å². The number of carboxylic acids is 1. The zero-order valence-electron chi connectivity index (χ0n) is 13.2. The number of rotatable bonds is 3. The van der Waals surface area contributed by atoms with E-state index >= 15 is 0 Å². The number of amides is 1. The SMILES string of the molecule is O=C(O)C1CN(C(=O)C2CC2c2ccc(F)cc2F)c2ccccc21. The second-order valence-corrected chi connectivity index (χ2v) is 6.51. The molecule has 4 nitrogen and oxygen atoms in total. The van der Waals surface area contributed by atoms with Gasteiger partial charge in [-0.2, -0.15) is 0 Å². The Morgan fingerprint density at radius 2 is 1.84 bits per heavy atom. The van der Waals surface area contributed by atoms with Crippen molar-refractivity contribution in [3.05, 3.63) is 65.2 Å². The average Bonchev–Trinajstić information content (AvgIpc) is 3.26. The first kappa shape index (κ1) is 15.7. The molecule has 1 heterocycles. The van der Waals surface area contributed by atoms with E-state index in [9.17, 15) is 23.5 Å². The Morgan fingerprint density at radius 3 is 2.56 bits per heavy atom. The van der Waals surface area contributed by atoms with E-state index in [2.05, 4.69) is 0 Å². The number of carboxylic acid groups (broad SMARTS) is 1. The highest BCUT2D eigenvalue weighted by Gasteiger charge is 2.49. The molecule has 0 radical (unpaired) electrons. The number of para-hydroxylation sites is 1. The zero-order valence-corrected chi connectivity index (χ0v) is 13.2. The summed E-state index contributed by atoms with van der Waals surface area (Å²) in [5, 5.41) is 9.38. The Morgan fingerprint density at radius 1 is 1.08 bits per heavy atom. The molecule has 3 atom stereocenters. The van der Waals surface area contributed by atoms with Crippen molar-refractivity contribution < 1.29 is 23.5 Å². The van der Waals surface area contributed by atoms with Gasteiger partial charge < -0.3 is 10.0 Å².